The van der Waals surface area contributed by atoms with Crippen LogP contribution in [0, 0.1) is 6.92 Å². The Morgan fingerprint density at radius 3 is 2.25 bits per heavy atom. The van der Waals surface area contributed by atoms with Gasteiger partial charge < -0.3 is 4.42 Å². The molecule has 3 aromatic heterocycles. The lowest BCUT2D eigenvalue weighted by molar-refractivity contribution is 0.525. The van der Waals surface area contributed by atoms with E-state index in [1.54, 1.807) is 10.5 Å². The number of thiazole rings is 1. The summed E-state index contributed by atoms with van der Waals surface area (Å²) in [6, 6.07) is 23.6. The van der Waals surface area contributed by atoms with Gasteiger partial charge in [0.2, 0.25) is 0 Å². The Bertz CT molecular complexity index is 1380. The molecular weight excluding hydrogens is 368 g/mol. The molecule has 5 heteroatoms. The van der Waals surface area contributed by atoms with Crippen LogP contribution < -0.4 is 10.1 Å². The van der Waals surface area contributed by atoms with E-state index in [2.05, 4.69) is 0 Å². The van der Waals surface area contributed by atoms with E-state index in [9.17, 15) is 4.79 Å². The zero-order chi connectivity index (χ0) is 19.1. The molecule has 136 valence electrons. The van der Waals surface area contributed by atoms with Gasteiger partial charge in [0, 0.05) is 17.2 Å². The van der Waals surface area contributed by atoms with Gasteiger partial charge in [-0.05, 0) is 19.1 Å². The Labute approximate surface area is 165 Å². The van der Waals surface area contributed by atoms with E-state index in [1.807, 2.05) is 79.7 Å². The first-order chi connectivity index (χ1) is 13.7. The number of hydrogen-bond acceptors (Lipinski definition) is 4. The van der Waals surface area contributed by atoms with Crippen molar-refractivity contribution in [2.24, 2.45) is 0 Å². The third-order valence-electron chi connectivity index (χ3n) is 4.59. The van der Waals surface area contributed by atoms with Crippen LogP contribution in [-0.2, 0) is 0 Å². The number of aromatic nitrogens is 2. The second kappa shape index (κ2) is 6.62. The minimum Gasteiger partial charge on any atom is -0.462 e. The molecule has 0 saturated heterocycles. The lowest BCUT2D eigenvalue weighted by atomic mass is 10.1. The van der Waals surface area contributed by atoms with Crippen LogP contribution in [0.4, 0.5) is 0 Å². The van der Waals surface area contributed by atoms with E-state index in [0.717, 1.165) is 28.3 Å². The summed E-state index contributed by atoms with van der Waals surface area (Å²) >= 11 is 1.38. The molecule has 0 bridgehead atoms. The summed E-state index contributed by atoms with van der Waals surface area (Å²) in [5.74, 6) is 1.49. The van der Waals surface area contributed by atoms with Gasteiger partial charge in [0.25, 0.3) is 5.56 Å². The third-order valence-corrected chi connectivity index (χ3v) is 5.56. The zero-order valence-corrected chi connectivity index (χ0v) is 15.9. The predicted molar refractivity (Wildman–Crippen MR) is 112 cm³/mol. The highest BCUT2D eigenvalue weighted by Gasteiger charge is 2.19. The van der Waals surface area contributed by atoms with Crippen molar-refractivity contribution in [3.63, 3.8) is 0 Å². The number of fused-ring (bicyclic) bond motifs is 1. The SMILES string of the molecule is Cc1ccc(/C=c2\sc3nc(-c4ccccc4)c(-c4ccccc4)n3c2=O)o1. The summed E-state index contributed by atoms with van der Waals surface area (Å²) in [6.07, 6.45) is 1.78. The third kappa shape index (κ3) is 2.77. The molecule has 28 heavy (non-hydrogen) atoms. The monoisotopic (exact) mass is 384 g/mol. The van der Waals surface area contributed by atoms with Crippen molar-refractivity contribution >= 4 is 22.4 Å². The van der Waals surface area contributed by atoms with Crippen molar-refractivity contribution in [2.45, 2.75) is 6.92 Å². The Morgan fingerprint density at radius 2 is 1.61 bits per heavy atom. The minimum atomic E-state index is -0.0809. The van der Waals surface area contributed by atoms with Crippen LogP contribution >= 0.6 is 11.3 Å². The van der Waals surface area contributed by atoms with Crippen LogP contribution in [0.3, 0.4) is 0 Å². The second-order valence-corrected chi connectivity index (χ2v) is 7.53. The van der Waals surface area contributed by atoms with Crippen LogP contribution in [0.25, 0.3) is 33.6 Å². The van der Waals surface area contributed by atoms with Gasteiger partial charge in [0.1, 0.15) is 16.1 Å². The van der Waals surface area contributed by atoms with Crippen molar-refractivity contribution in [1.29, 1.82) is 0 Å². The van der Waals surface area contributed by atoms with E-state index in [0.29, 0.717) is 15.3 Å². The molecule has 0 aliphatic heterocycles. The number of furan rings is 1. The van der Waals surface area contributed by atoms with Crippen molar-refractivity contribution in [3.05, 3.63) is 99.2 Å². The summed E-state index contributed by atoms with van der Waals surface area (Å²) in [5, 5.41) is 0. The van der Waals surface area contributed by atoms with Crippen molar-refractivity contribution in [1.82, 2.24) is 9.38 Å². The standard InChI is InChI=1S/C23H16N2O2S/c1-15-12-13-18(27-15)14-19-22(26)25-21(17-10-6-3-7-11-17)20(24-23(25)28-19)16-8-4-2-5-9-16/h2-14H,1H3/b19-14-. The van der Waals surface area contributed by atoms with Crippen LogP contribution in [0.15, 0.2) is 82.0 Å². The van der Waals surface area contributed by atoms with Crippen LogP contribution in [0.1, 0.15) is 11.5 Å². The number of nitrogens with zero attached hydrogens (tertiary/aromatic N) is 2. The van der Waals surface area contributed by atoms with Crippen LogP contribution in [-0.4, -0.2) is 9.38 Å². The van der Waals surface area contributed by atoms with E-state index < -0.39 is 0 Å². The fraction of sp³-hybridized carbons (Fsp3) is 0.0435. The molecule has 5 aromatic rings. The van der Waals surface area contributed by atoms with Gasteiger partial charge in [-0.15, -0.1) is 0 Å². The van der Waals surface area contributed by atoms with E-state index >= 15 is 0 Å². The molecule has 3 heterocycles. The Balaban J connectivity index is 1.82. The maximum atomic E-state index is 13.2. The highest BCUT2D eigenvalue weighted by atomic mass is 32.1. The summed E-state index contributed by atoms with van der Waals surface area (Å²) in [6.45, 7) is 1.89. The Kier molecular flexibility index (Phi) is 3.95. The van der Waals surface area contributed by atoms with Crippen LogP contribution in [0.2, 0.25) is 0 Å². The van der Waals surface area contributed by atoms with Crippen molar-refractivity contribution in [2.75, 3.05) is 0 Å². The van der Waals surface area contributed by atoms with Crippen molar-refractivity contribution < 1.29 is 4.42 Å². The first-order valence-electron chi connectivity index (χ1n) is 8.95. The van der Waals surface area contributed by atoms with Crippen molar-refractivity contribution in [3.8, 4) is 22.5 Å². The predicted octanol–water partition coefficient (Wildman–Crippen LogP) is 4.54. The van der Waals surface area contributed by atoms with Gasteiger partial charge >= 0.3 is 0 Å². The number of hydrogen-bond donors (Lipinski definition) is 0. The van der Waals surface area contributed by atoms with Gasteiger partial charge in [-0.25, -0.2) is 9.38 Å². The molecule has 4 nitrogen and oxygen atoms in total. The lowest BCUT2D eigenvalue weighted by Gasteiger charge is -2.04. The highest BCUT2D eigenvalue weighted by Crippen LogP contribution is 2.32. The molecule has 0 amide bonds. The summed E-state index contributed by atoms with van der Waals surface area (Å²) in [5.41, 5.74) is 3.50. The molecule has 0 radical (unpaired) electrons. The molecular formula is C23H16N2O2S. The first-order valence-corrected chi connectivity index (χ1v) is 9.76. The molecule has 0 N–H and O–H groups in total. The average Bonchev–Trinajstić information content (AvgIpc) is 3.39. The van der Waals surface area contributed by atoms with Crippen LogP contribution in [0.5, 0.6) is 0 Å². The topological polar surface area (TPSA) is 47.5 Å². The molecule has 0 unspecified atom stereocenters. The molecule has 0 saturated carbocycles. The molecule has 0 atom stereocenters. The van der Waals surface area contributed by atoms with E-state index in [1.165, 1.54) is 11.3 Å². The number of imidazole rings is 1. The summed E-state index contributed by atoms with van der Waals surface area (Å²) in [7, 11) is 0. The van der Waals surface area contributed by atoms with Gasteiger partial charge in [-0.3, -0.25) is 4.79 Å². The Hall–Kier alpha value is -3.44. The minimum absolute atomic E-state index is 0.0809. The van der Waals surface area contributed by atoms with Gasteiger partial charge in [-0.2, -0.15) is 0 Å². The fourth-order valence-corrected chi connectivity index (χ4v) is 4.27. The van der Waals surface area contributed by atoms with Gasteiger partial charge in [-0.1, -0.05) is 72.0 Å². The molecule has 2 aromatic carbocycles. The Morgan fingerprint density at radius 1 is 0.929 bits per heavy atom. The second-order valence-electron chi connectivity index (χ2n) is 6.52. The summed E-state index contributed by atoms with van der Waals surface area (Å²) in [4.78, 5) is 18.7. The first kappa shape index (κ1) is 16.7. The molecule has 0 fully saturated rings. The molecule has 0 spiro atoms. The van der Waals surface area contributed by atoms with Gasteiger partial charge in [0.05, 0.1) is 11.4 Å². The maximum absolute atomic E-state index is 13.2. The molecule has 5 rings (SSSR count). The maximum Gasteiger partial charge on any atom is 0.275 e. The number of aryl methyl sites for hydroxylation is 1. The average molecular weight is 384 g/mol. The summed E-state index contributed by atoms with van der Waals surface area (Å²) < 4.78 is 7.92. The fourth-order valence-electron chi connectivity index (χ4n) is 3.32. The van der Waals surface area contributed by atoms with E-state index in [-0.39, 0.29) is 5.56 Å². The lowest BCUT2D eigenvalue weighted by Crippen LogP contribution is -2.23. The zero-order valence-electron chi connectivity index (χ0n) is 15.1. The quantitative estimate of drug-likeness (QED) is 0.459. The smallest absolute Gasteiger partial charge is 0.275 e. The van der Waals surface area contributed by atoms with Gasteiger partial charge in [0.15, 0.2) is 4.96 Å². The number of rotatable bonds is 3. The number of benzene rings is 2. The molecule has 0 aliphatic rings. The largest absolute Gasteiger partial charge is 0.462 e. The van der Waals surface area contributed by atoms with E-state index in [4.69, 9.17) is 9.40 Å². The normalized spacial score (nSPS) is 12.1. The molecule has 0 aliphatic carbocycles. The highest BCUT2D eigenvalue weighted by molar-refractivity contribution is 7.15.